The van der Waals surface area contributed by atoms with Gasteiger partial charge in [0.2, 0.25) is 5.91 Å². The van der Waals surface area contributed by atoms with Crippen LogP contribution in [-0.2, 0) is 24.2 Å². The Morgan fingerprint density at radius 2 is 1.90 bits per heavy atom. The average Bonchev–Trinajstić information content (AvgIpc) is 2.97. The van der Waals surface area contributed by atoms with Gasteiger partial charge in [0.15, 0.2) is 22.2 Å². The van der Waals surface area contributed by atoms with Crippen molar-refractivity contribution in [2.45, 2.75) is 50.3 Å². The highest BCUT2D eigenvalue weighted by molar-refractivity contribution is 8.00. The molecule has 1 N–H and O–H groups in total. The van der Waals surface area contributed by atoms with Gasteiger partial charge in [-0.05, 0) is 25.5 Å². The zero-order valence-corrected chi connectivity index (χ0v) is 18.7. The number of ether oxygens (including phenoxy) is 1. The summed E-state index contributed by atoms with van der Waals surface area (Å²) in [5, 5.41) is 2.22. The van der Waals surface area contributed by atoms with E-state index in [9.17, 15) is 22.8 Å². The molecular formula is C20H27NO6S2. The van der Waals surface area contributed by atoms with E-state index in [1.807, 2.05) is 0 Å². The lowest BCUT2D eigenvalue weighted by molar-refractivity contribution is -0.129. The minimum atomic E-state index is -3.08. The molecule has 0 saturated carbocycles. The molecule has 0 aromatic heterocycles. The van der Waals surface area contributed by atoms with Gasteiger partial charge in [-0.1, -0.05) is 32.9 Å². The molecule has 0 bridgehead atoms. The second kappa shape index (κ2) is 9.30. The fourth-order valence-corrected chi connectivity index (χ4v) is 5.30. The fourth-order valence-electron chi connectivity index (χ4n) is 2.63. The number of benzene rings is 1. The van der Waals surface area contributed by atoms with Crippen molar-refractivity contribution in [1.29, 1.82) is 0 Å². The van der Waals surface area contributed by atoms with E-state index in [0.717, 1.165) is 0 Å². The zero-order valence-electron chi connectivity index (χ0n) is 17.1. The first kappa shape index (κ1) is 23.4. The highest BCUT2D eigenvalue weighted by atomic mass is 32.2. The monoisotopic (exact) mass is 441 g/mol. The largest absolute Gasteiger partial charge is 0.454 e. The number of esters is 1. The van der Waals surface area contributed by atoms with E-state index in [1.54, 1.807) is 52.0 Å². The van der Waals surface area contributed by atoms with Gasteiger partial charge < -0.3 is 10.1 Å². The quantitative estimate of drug-likeness (QED) is 0.511. The van der Waals surface area contributed by atoms with Crippen LogP contribution in [0.25, 0.3) is 0 Å². The summed E-state index contributed by atoms with van der Waals surface area (Å²) in [4.78, 5) is 37.4. The summed E-state index contributed by atoms with van der Waals surface area (Å²) in [5.41, 5.74) is -0.322. The lowest BCUT2D eigenvalue weighted by Gasteiger charge is -2.18. The third kappa shape index (κ3) is 6.85. The number of carbonyl (C=O) groups is 3. The molecule has 7 nitrogen and oxygen atoms in total. The molecule has 2 rings (SSSR count). The van der Waals surface area contributed by atoms with E-state index >= 15 is 0 Å². The van der Waals surface area contributed by atoms with Crippen LogP contribution < -0.4 is 5.32 Å². The van der Waals surface area contributed by atoms with Crippen LogP contribution in [0, 0.1) is 5.41 Å². The molecule has 1 aliphatic rings. The summed E-state index contributed by atoms with van der Waals surface area (Å²) >= 11 is 1.18. The summed E-state index contributed by atoms with van der Waals surface area (Å²) in [7, 11) is -3.08. The molecule has 160 valence electrons. The summed E-state index contributed by atoms with van der Waals surface area (Å²) < 4.78 is 28.2. The van der Waals surface area contributed by atoms with Crippen LogP contribution in [0.2, 0.25) is 0 Å². The minimum Gasteiger partial charge on any atom is -0.454 e. The van der Waals surface area contributed by atoms with Crippen molar-refractivity contribution >= 4 is 39.3 Å². The number of hydrogen-bond donors (Lipinski definition) is 1. The molecular weight excluding hydrogens is 414 g/mol. The zero-order chi connectivity index (χ0) is 21.8. The topological polar surface area (TPSA) is 107 Å². The number of sulfone groups is 1. The van der Waals surface area contributed by atoms with Gasteiger partial charge in [0.25, 0.3) is 0 Å². The second-order valence-electron chi connectivity index (χ2n) is 8.11. The lowest BCUT2D eigenvalue weighted by Crippen LogP contribution is -2.40. The van der Waals surface area contributed by atoms with Crippen molar-refractivity contribution in [1.82, 2.24) is 5.32 Å². The number of carbonyl (C=O) groups excluding carboxylic acids is 3. The molecule has 1 fully saturated rings. The normalized spacial score (nSPS) is 19.4. The van der Waals surface area contributed by atoms with Crippen LogP contribution in [0.1, 0.15) is 44.5 Å². The molecule has 1 aliphatic heterocycles. The van der Waals surface area contributed by atoms with Crippen molar-refractivity contribution in [3.63, 3.8) is 0 Å². The number of rotatable bonds is 7. The third-order valence-corrected chi connectivity index (χ3v) is 7.48. The van der Waals surface area contributed by atoms with Gasteiger partial charge in [-0.3, -0.25) is 9.59 Å². The minimum absolute atomic E-state index is 0.0408. The Kier molecular flexibility index (Phi) is 7.50. The predicted octanol–water partition coefficient (Wildman–Crippen LogP) is 2.24. The molecule has 2 atom stereocenters. The van der Waals surface area contributed by atoms with Crippen LogP contribution >= 0.6 is 11.8 Å². The maximum atomic E-state index is 12.4. The van der Waals surface area contributed by atoms with Crippen LogP contribution in [0.5, 0.6) is 0 Å². The first-order valence-corrected chi connectivity index (χ1v) is 12.1. The Bertz CT molecular complexity index is 888. The Labute approximate surface area is 175 Å². The predicted molar refractivity (Wildman–Crippen MR) is 112 cm³/mol. The van der Waals surface area contributed by atoms with Crippen molar-refractivity contribution in [3.05, 3.63) is 29.8 Å². The van der Waals surface area contributed by atoms with E-state index in [1.165, 1.54) is 11.8 Å². The van der Waals surface area contributed by atoms with Crippen LogP contribution in [0.4, 0.5) is 0 Å². The van der Waals surface area contributed by atoms with E-state index in [0.29, 0.717) is 11.3 Å². The first-order chi connectivity index (χ1) is 13.4. The molecule has 0 radical (unpaired) electrons. The molecule has 1 aromatic rings. The summed E-state index contributed by atoms with van der Waals surface area (Å²) in [6.07, 6.45) is 0.413. The van der Waals surface area contributed by atoms with Crippen LogP contribution in [0.3, 0.4) is 0 Å². The van der Waals surface area contributed by atoms with Gasteiger partial charge in [-0.2, -0.15) is 0 Å². The second-order valence-corrected chi connectivity index (χ2v) is 11.7. The van der Waals surface area contributed by atoms with Gasteiger partial charge in [-0.15, -0.1) is 11.8 Å². The Balaban J connectivity index is 1.99. The molecule has 0 aliphatic carbocycles. The van der Waals surface area contributed by atoms with Crippen LogP contribution in [-0.4, -0.2) is 55.5 Å². The average molecular weight is 442 g/mol. The maximum absolute atomic E-state index is 12.4. The Morgan fingerprint density at radius 3 is 2.48 bits per heavy atom. The SMILES string of the molecule is C[C@@H](Sc1ccccc1C(=O)OCC(=O)C(C)(C)C)C(=O)N[C@H]1CCS(=O)(=O)C1. The number of ketones is 1. The molecule has 1 amide bonds. The molecule has 1 heterocycles. The van der Waals surface area contributed by atoms with Crippen molar-refractivity contribution < 1.29 is 27.5 Å². The van der Waals surface area contributed by atoms with Gasteiger partial charge in [0.1, 0.15) is 0 Å². The van der Waals surface area contributed by atoms with Crippen molar-refractivity contribution in [3.8, 4) is 0 Å². The third-order valence-electron chi connectivity index (χ3n) is 4.53. The van der Waals surface area contributed by atoms with E-state index in [2.05, 4.69) is 5.32 Å². The highest BCUT2D eigenvalue weighted by Crippen LogP contribution is 2.28. The first-order valence-electron chi connectivity index (χ1n) is 9.36. The van der Waals surface area contributed by atoms with Crippen molar-refractivity contribution in [2.24, 2.45) is 5.41 Å². The smallest absolute Gasteiger partial charge is 0.339 e. The number of nitrogens with one attached hydrogen (secondary N) is 1. The molecule has 29 heavy (non-hydrogen) atoms. The Hall–Kier alpha value is -1.87. The molecule has 0 unspecified atom stereocenters. The van der Waals surface area contributed by atoms with E-state index < -0.39 is 26.5 Å². The molecule has 9 heteroatoms. The number of Topliss-reactive ketones (excluding diaryl/α,β-unsaturated/α-hetero) is 1. The van der Waals surface area contributed by atoms with Gasteiger partial charge in [-0.25, -0.2) is 13.2 Å². The van der Waals surface area contributed by atoms with Crippen LogP contribution in [0.15, 0.2) is 29.2 Å². The van der Waals surface area contributed by atoms with Crippen molar-refractivity contribution in [2.75, 3.05) is 18.1 Å². The van der Waals surface area contributed by atoms with Gasteiger partial charge in [0.05, 0.1) is 22.3 Å². The number of amides is 1. The van der Waals surface area contributed by atoms with Gasteiger partial charge in [0, 0.05) is 16.4 Å². The standard InChI is InChI=1S/C20H27NO6S2/c1-13(18(23)21-14-9-10-29(25,26)12-14)28-16-8-6-5-7-15(16)19(24)27-11-17(22)20(2,3)4/h5-8,13-14H,9-12H2,1-4H3,(H,21,23)/t13-,14+/m1/s1. The maximum Gasteiger partial charge on any atom is 0.339 e. The van der Waals surface area contributed by atoms with Gasteiger partial charge >= 0.3 is 5.97 Å². The molecule has 1 aromatic carbocycles. The molecule has 1 saturated heterocycles. The number of thioether (sulfide) groups is 1. The summed E-state index contributed by atoms with van der Waals surface area (Å²) in [6, 6.07) is 6.34. The lowest BCUT2D eigenvalue weighted by atomic mass is 9.91. The fraction of sp³-hybridized carbons (Fsp3) is 0.550. The highest BCUT2D eigenvalue weighted by Gasteiger charge is 2.30. The Morgan fingerprint density at radius 1 is 1.24 bits per heavy atom. The summed E-state index contributed by atoms with van der Waals surface area (Å²) in [6.45, 7) is 6.64. The van der Waals surface area contributed by atoms with E-state index in [-0.39, 0.29) is 41.4 Å². The summed E-state index contributed by atoms with van der Waals surface area (Å²) in [5.74, 6) is -1.05. The van der Waals surface area contributed by atoms with E-state index in [4.69, 9.17) is 4.74 Å². The molecule has 0 spiro atoms. The number of hydrogen-bond acceptors (Lipinski definition) is 7.